The Kier molecular flexibility index (Phi) is 5.25. The highest BCUT2D eigenvalue weighted by atomic mass is 16.6. The Hall–Kier alpha value is -0.770. The normalized spacial score (nSPS) is 19.8. The summed E-state index contributed by atoms with van der Waals surface area (Å²) in [7, 11) is 0. The highest BCUT2D eigenvalue weighted by Crippen LogP contribution is 2.26. The number of aliphatic hydroxyl groups excluding tert-OH is 1. The van der Waals surface area contributed by atoms with Gasteiger partial charge in [0, 0.05) is 0 Å². The Morgan fingerprint density at radius 1 is 1.35 bits per heavy atom. The van der Waals surface area contributed by atoms with Crippen LogP contribution in [0.2, 0.25) is 0 Å². The molecule has 4 heteroatoms. The minimum absolute atomic E-state index is 0.519. The molecule has 1 atom stereocenters. The first-order valence-corrected chi connectivity index (χ1v) is 6.54. The van der Waals surface area contributed by atoms with E-state index in [1.54, 1.807) is 20.8 Å². The van der Waals surface area contributed by atoms with E-state index in [9.17, 15) is 9.90 Å². The molecule has 0 bridgehead atoms. The topological polar surface area (TPSA) is 58.6 Å². The van der Waals surface area contributed by atoms with Gasteiger partial charge in [0.1, 0.15) is 11.8 Å². The van der Waals surface area contributed by atoms with Gasteiger partial charge < -0.3 is 9.84 Å². The fraction of sp³-hybridized carbons (Fsp3) is 0.923. The molecule has 0 radical (unpaired) electrons. The first kappa shape index (κ1) is 14.3. The average molecular weight is 243 g/mol. The zero-order valence-electron chi connectivity index (χ0n) is 11.2. The van der Waals surface area contributed by atoms with Crippen LogP contribution in [0.25, 0.3) is 0 Å². The van der Waals surface area contributed by atoms with Crippen LogP contribution in [0.1, 0.15) is 59.3 Å². The molecular weight excluding hydrogens is 218 g/mol. The number of hydrogen-bond acceptors (Lipinski definition) is 3. The molecule has 0 saturated heterocycles. The fourth-order valence-corrected chi connectivity index (χ4v) is 2.24. The minimum atomic E-state index is -0.784. The lowest BCUT2D eigenvalue weighted by molar-refractivity contribution is 0.0301. The van der Waals surface area contributed by atoms with E-state index >= 15 is 0 Å². The van der Waals surface area contributed by atoms with Crippen LogP contribution in [0, 0.1) is 5.92 Å². The minimum Gasteiger partial charge on any atom is -0.444 e. The van der Waals surface area contributed by atoms with Crippen molar-refractivity contribution in [3.05, 3.63) is 0 Å². The maximum absolute atomic E-state index is 11.4. The Morgan fingerprint density at radius 2 is 1.94 bits per heavy atom. The van der Waals surface area contributed by atoms with Crippen molar-refractivity contribution in [3.8, 4) is 0 Å². The third-order valence-electron chi connectivity index (χ3n) is 2.96. The maximum Gasteiger partial charge on any atom is 0.409 e. The van der Waals surface area contributed by atoms with Gasteiger partial charge in [-0.25, -0.2) is 4.79 Å². The molecule has 0 spiro atoms. The Morgan fingerprint density at radius 3 is 2.47 bits per heavy atom. The molecule has 4 nitrogen and oxygen atoms in total. The summed E-state index contributed by atoms with van der Waals surface area (Å²) in [5.74, 6) is 0.536. The summed E-state index contributed by atoms with van der Waals surface area (Å²) in [5.41, 5.74) is -0.519. The largest absolute Gasteiger partial charge is 0.444 e. The Balaban J connectivity index is 2.23. The van der Waals surface area contributed by atoms with Crippen molar-refractivity contribution in [2.75, 3.05) is 0 Å². The maximum atomic E-state index is 11.4. The van der Waals surface area contributed by atoms with Crippen LogP contribution in [-0.4, -0.2) is 23.0 Å². The number of rotatable bonds is 3. The summed E-state index contributed by atoms with van der Waals surface area (Å²) in [6.07, 6.45) is 5.41. The molecule has 1 amide bonds. The van der Waals surface area contributed by atoms with Gasteiger partial charge in [0.2, 0.25) is 0 Å². The first-order valence-electron chi connectivity index (χ1n) is 6.54. The molecule has 2 N–H and O–H groups in total. The van der Waals surface area contributed by atoms with Gasteiger partial charge >= 0.3 is 6.09 Å². The lowest BCUT2D eigenvalue weighted by Gasteiger charge is -2.25. The zero-order valence-corrected chi connectivity index (χ0v) is 11.2. The summed E-state index contributed by atoms with van der Waals surface area (Å²) in [4.78, 5) is 11.4. The third-order valence-corrected chi connectivity index (χ3v) is 2.96. The van der Waals surface area contributed by atoms with E-state index in [2.05, 4.69) is 5.32 Å². The van der Waals surface area contributed by atoms with Gasteiger partial charge in [-0.2, -0.15) is 0 Å². The van der Waals surface area contributed by atoms with E-state index in [-0.39, 0.29) is 0 Å². The van der Waals surface area contributed by atoms with Crippen LogP contribution >= 0.6 is 0 Å². The van der Waals surface area contributed by atoms with Gasteiger partial charge in [-0.1, -0.05) is 32.1 Å². The second-order valence-electron chi connectivity index (χ2n) is 5.90. The molecular formula is C13H25NO3. The van der Waals surface area contributed by atoms with Gasteiger partial charge in [0.25, 0.3) is 0 Å². The van der Waals surface area contributed by atoms with Gasteiger partial charge in [-0.3, -0.25) is 5.32 Å². The highest BCUT2D eigenvalue weighted by Gasteiger charge is 2.21. The second-order valence-corrected chi connectivity index (χ2v) is 5.90. The summed E-state index contributed by atoms with van der Waals surface area (Å²) < 4.78 is 5.09. The van der Waals surface area contributed by atoms with Crippen LogP contribution < -0.4 is 5.32 Å². The highest BCUT2D eigenvalue weighted by molar-refractivity contribution is 5.67. The molecule has 0 aromatic carbocycles. The molecule has 100 valence electrons. The van der Waals surface area contributed by atoms with Crippen molar-refractivity contribution in [1.29, 1.82) is 0 Å². The molecule has 0 unspecified atom stereocenters. The van der Waals surface area contributed by atoms with Gasteiger partial charge in [0.05, 0.1) is 0 Å². The number of hydrogen-bond donors (Lipinski definition) is 2. The van der Waals surface area contributed by atoms with Gasteiger partial charge in [-0.05, 0) is 33.1 Å². The van der Waals surface area contributed by atoms with E-state index in [1.165, 1.54) is 19.3 Å². The molecule has 17 heavy (non-hydrogen) atoms. The fourth-order valence-electron chi connectivity index (χ4n) is 2.24. The molecule has 0 heterocycles. The Bertz CT molecular complexity index is 242. The van der Waals surface area contributed by atoms with Crippen molar-refractivity contribution in [2.45, 2.75) is 71.1 Å². The summed E-state index contributed by atoms with van der Waals surface area (Å²) in [6.45, 7) is 5.42. The number of alkyl carbamates (subject to hydrolysis) is 1. The van der Waals surface area contributed by atoms with E-state index in [0.717, 1.165) is 12.8 Å². The number of aliphatic hydroxyl groups is 1. The van der Waals surface area contributed by atoms with Crippen LogP contribution in [-0.2, 0) is 4.74 Å². The second kappa shape index (κ2) is 6.24. The zero-order chi connectivity index (χ0) is 12.9. The van der Waals surface area contributed by atoms with E-state index in [0.29, 0.717) is 12.3 Å². The predicted octanol–water partition coefficient (Wildman–Crippen LogP) is 2.80. The molecule has 0 aliphatic heterocycles. The quantitative estimate of drug-likeness (QED) is 0.749. The Labute approximate surface area is 104 Å². The molecule has 1 fully saturated rings. The van der Waals surface area contributed by atoms with Gasteiger partial charge in [0.15, 0.2) is 0 Å². The molecule has 1 saturated carbocycles. The van der Waals surface area contributed by atoms with Crippen LogP contribution in [0.15, 0.2) is 0 Å². The lowest BCUT2D eigenvalue weighted by Crippen LogP contribution is -2.40. The van der Waals surface area contributed by atoms with E-state index in [1.807, 2.05) is 0 Å². The summed E-state index contributed by atoms with van der Waals surface area (Å²) in [6, 6.07) is 0. The smallest absolute Gasteiger partial charge is 0.409 e. The van der Waals surface area contributed by atoms with Crippen molar-refractivity contribution >= 4 is 6.09 Å². The third kappa shape index (κ3) is 6.51. The molecule has 0 aromatic heterocycles. The number of ether oxygens (including phenoxy) is 1. The first-order chi connectivity index (χ1) is 7.87. The van der Waals surface area contributed by atoms with Crippen molar-refractivity contribution in [2.24, 2.45) is 5.92 Å². The van der Waals surface area contributed by atoms with Crippen molar-refractivity contribution < 1.29 is 14.6 Å². The van der Waals surface area contributed by atoms with Crippen LogP contribution in [0.5, 0.6) is 0 Å². The van der Waals surface area contributed by atoms with E-state index in [4.69, 9.17) is 4.74 Å². The average Bonchev–Trinajstić information content (AvgIpc) is 2.15. The lowest BCUT2D eigenvalue weighted by atomic mass is 9.86. The van der Waals surface area contributed by atoms with Crippen molar-refractivity contribution in [1.82, 2.24) is 5.32 Å². The standard InChI is InChI=1S/C13H25NO3/c1-13(2,3)17-12(16)14-11(15)9-10-7-5-4-6-8-10/h10-11,15H,4-9H2,1-3H3,(H,14,16)/t11-/m1/s1. The summed E-state index contributed by atoms with van der Waals surface area (Å²) in [5, 5.41) is 12.2. The van der Waals surface area contributed by atoms with Crippen LogP contribution in [0.4, 0.5) is 4.79 Å². The number of nitrogens with one attached hydrogen (secondary N) is 1. The molecule has 1 aliphatic carbocycles. The molecule has 1 aliphatic rings. The van der Waals surface area contributed by atoms with Crippen molar-refractivity contribution in [3.63, 3.8) is 0 Å². The number of amides is 1. The monoisotopic (exact) mass is 243 g/mol. The van der Waals surface area contributed by atoms with Crippen LogP contribution in [0.3, 0.4) is 0 Å². The number of carbonyl (C=O) groups excluding carboxylic acids is 1. The summed E-state index contributed by atoms with van der Waals surface area (Å²) >= 11 is 0. The van der Waals surface area contributed by atoms with E-state index < -0.39 is 17.9 Å². The molecule has 1 rings (SSSR count). The molecule has 0 aromatic rings. The number of carbonyl (C=O) groups is 1. The van der Waals surface area contributed by atoms with Gasteiger partial charge in [-0.15, -0.1) is 0 Å². The predicted molar refractivity (Wildman–Crippen MR) is 66.6 cm³/mol. The SMILES string of the molecule is CC(C)(C)OC(=O)N[C@H](O)CC1CCCCC1.